The standard InChI is InChI=1S/C10H17N3O2/c1-5-6-10(2,3)8-7(9(14)15-4)11-13-12-8/h5-6H2,1-4H3,(H,11,12,13). The maximum atomic E-state index is 11.4. The number of H-pyrrole nitrogens is 1. The number of hydrogen-bond donors (Lipinski definition) is 1. The first-order chi connectivity index (χ1) is 7.03. The molecule has 0 unspecified atom stereocenters. The highest BCUT2D eigenvalue weighted by Gasteiger charge is 2.30. The Balaban J connectivity index is 3.04. The number of nitrogens with zero attached hydrogens (tertiary/aromatic N) is 2. The van der Waals surface area contributed by atoms with Crippen molar-refractivity contribution in [3.05, 3.63) is 11.4 Å². The smallest absolute Gasteiger partial charge is 0.360 e. The third-order valence-corrected chi connectivity index (χ3v) is 2.44. The van der Waals surface area contributed by atoms with E-state index in [0.717, 1.165) is 12.8 Å². The van der Waals surface area contributed by atoms with Gasteiger partial charge in [-0.15, -0.1) is 5.10 Å². The molecular formula is C10H17N3O2. The molecule has 15 heavy (non-hydrogen) atoms. The van der Waals surface area contributed by atoms with Gasteiger partial charge in [-0.1, -0.05) is 27.2 Å². The molecule has 0 atom stereocenters. The third-order valence-electron chi connectivity index (χ3n) is 2.44. The van der Waals surface area contributed by atoms with Crippen LogP contribution < -0.4 is 0 Å². The molecule has 0 aliphatic rings. The van der Waals surface area contributed by atoms with E-state index in [1.54, 1.807) is 0 Å². The van der Waals surface area contributed by atoms with Crippen molar-refractivity contribution >= 4 is 5.97 Å². The zero-order valence-corrected chi connectivity index (χ0v) is 9.63. The van der Waals surface area contributed by atoms with Crippen LogP contribution in [0.4, 0.5) is 0 Å². The fourth-order valence-electron chi connectivity index (χ4n) is 1.69. The summed E-state index contributed by atoms with van der Waals surface area (Å²) in [5.41, 5.74) is 0.804. The Kier molecular flexibility index (Phi) is 3.44. The van der Waals surface area contributed by atoms with Gasteiger partial charge < -0.3 is 4.74 Å². The van der Waals surface area contributed by atoms with Crippen LogP contribution in [0.3, 0.4) is 0 Å². The van der Waals surface area contributed by atoms with E-state index >= 15 is 0 Å². The summed E-state index contributed by atoms with van der Waals surface area (Å²) in [6, 6.07) is 0. The van der Waals surface area contributed by atoms with E-state index in [1.165, 1.54) is 7.11 Å². The fraction of sp³-hybridized carbons (Fsp3) is 0.700. The molecule has 84 valence electrons. The maximum Gasteiger partial charge on any atom is 0.360 e. The Morgan fingerprint density at radius 3 is 2.67 bits per heavy atom. The highest BCUT2D eigenvalue weighted by Crippen LogP contribution is 2.28. The third kappa shape index (κ3) is 2.34. The van der Waals surface area contributed by atoms with Gasteiger partial charge in [0, 0.05) is 5.41 Å². The second-order valence-electron chi connectivity index (χ2n) is 4.15. The molecule has 0 spiro atoms. The summed E-state index contributed by atoms with van der Waals surface area (Å²) in [6.07, 6.45) is 1.98. The second-order valence-corrected chi connectivity index (χ2v) is 4.15. The highest BCUT2D eigenvalue weighted by atomic mass is 16.5. The first-order valence-corrected chi connectivity index (χ1v) is 5.02. The lowest BCUT2D eigenvalue weighted by Gasteiger charge is -2.21. The molecule has 0 saturated heterocycles. The number of aromatic amines is 1. The predicted octanol–water partition coefficient (Wildman–Crippen LogP) is 1.67. The Hall–Kier alpha value is -1.39. The highest BCUT2D eigenvalue weighted by molar-refractivity contribution is 5.88. The fourth-order valence-corrected chi connectivity index (χ4v) is 1.69. The Morgan fingerprint density at radius 1 is 1.47 bits per heavy atom. The lowest BCUT2D eigenvalue weighted by Crippen LogP contribution is -2.21. The molecule has 1 aromatic rings. The van der Waals surface area contributed by atoms with Gasteiger partial charge in [-0.3, -0.25) is 0 Å². The van der Waals surface area contributed by atoms with Gasteiger partial charge in [0.15, 0.2) is 5.69 Å². The van der Waals surface area contributed by atoms with Crippen LogP contribution in [0.1, 0.15) is 49.8 Å². The van der Waals surface area contributed by atoms with E-state index in [9.17, 15) is 4.79 Å². The molecule has 0 saturated carbocycles. The van der Waals surface area contributed by atoms with E-state index in [0.29, 0.717) is 5.69 Å². The Bertz CT molecular complexity index is 344. The van der Waals surface area contributed by atoms with Gasteiger partial charge in [0.2, 0.25) is 0 Å². The molecule has 0 aliphatic carbocycles. The van der Waals surface area contributed by atoms with E-state index in [1.807, 2.05) is 13.8 Å². The number of methoxy groups -OCH3 is 1. The SMILES string of the molecule is CCCC(C)(C)c1n[nH]nc1C(=O)OC. The number of nitrogens with one attached hydrogen (secondary N) is 1. The molecular weight excluding hydrogens is 194 g/mol. The summed E-state index contributed by atoms with van der Waals surface area (Å²) in [4.78, 5) is 11.4. The number of hydrogen-bond acceptors (Lipinski definition) is 4. The van der Waals surface area contributed by atoms with Gasteiger partial charge in [-0.05, 0) is 6.42 Å². The zero-order chi connectivity index (χ0) is 11.5. The van der Waals surface area contributed by atoms with Crippen molar-refractivity contribution < 1.29 is 9.53 Å². The summed E-state index contributed by atoms with van der Waals surface area (Å²) in [7, 11) is 1.34. The largest absolute Gasteiger partial charge is 0.464 e. The van der Waals surface area contributed by atoms with Crippen molar-refractivity contribution in [3.8, 4) is 0 Å². The molecule has 5 heteroatoms. The van der Waals surface area contributed by atoms with E-state index in [4.69, 9.17) is 0 Å². The topological polar surface area (TPSA) is 67.9 Å². The average Bonchev–Trinajstić information content (AvgIpc) is 2.65. The number of carbonyl (C=O) groups excluding carboxylic acids is 1. The zero-order valence-electron chi connectivity index (χ0n) is 9.63. The normalized spacial score (nSPS) is 11.5. The predicted molar refractivity (Wildman–Crippen MR) is 55.7 cm³/mol. The maximum absolute atomic E-state index is 11.4. The number of carbonyl (C=O) groups is 1. The monoisotopic (exact) mass is 211 g/mol. The van der Waals surface area contributed by atoms with Crippen LogP contribution in [-0.4, -0.2) is 28.5 Å². The summed E-state index contributed by atoms with van der Waals surface area (Å²) in [6.45, 7) is 6.18. The molecule has 0 amide bonds. The molecule has 0 aliphatic heterocycles. The molecule has 5 nitrogen and oxygen atoms in total. The minimum Gasteiger partial charge on any atom is -0.464 e. The van der Waals surface area contributed by atoms with Gasteiger partial charge in [0.25, 0.3) is 0 Å². The first-order valence-electron chi connectivity index (χ1n) is 5.02. The molecule has 1 aromatic heterocycles. The van der Waals surface area contributed by atoms with E-state index in [-0.39, 0.29) is 11.1 Å². The van der Waals surface area contributed by atoms with Gasteiger partial charge in [0.1, 0.15) is 5.69 Å². The molecule has 0 bridgehead atoms. The van der Waals surface area contributed by atoms with Crippen LogP contribution in [0.5, 0.6) is 0 Å². The van der Waals surface area contributed by atoms with Crippen LogP contribution in [0.2, 0.25) is 0 Å². The van der Waals surface area contributed by atoms with E-state index < -0.39 is 5.97 Å². The quantitative estimate of drug-likeness (QED) is 0.769. The number of ether oxygens (including phenoxy) is 1. The molecule has 0 radical (unpaired) electrons. The molecule has 1 rings (SSSR count). The van der Waals surface area contributed by atoms with Gasteiger partial charge in [-0.2, -0.15) is 10.3 Å². The van der Waals surface area contributed by atoms with E-state index in [2.05, 4.69) is 27.1 Å². The second kappa shape index (κ2) is 4.42. The summed E-state index contributed by atoms with van der Waals surface area (Å²) >= 11 is 0. The number of esters is 1. The first kappa shape index (κ1) is 11.7. The molecule has 1 N–H and O–H groups in total. The molecule has 1 heterocycles. The van der Waals surface area contributed by atoms with Crippen LogP contribution in [0, 0.1) is 0 Å². The minimum absolute atomic E-state index is 0.161. The van der Waals surface area contributed by atoms with Crippen molar-refractivity contribution in [3.63, 3.8) is 0 Å². The van der Waals surface area contributed by atoms with Gasteiger partial charge in [0.05, 0.1) is 7.11 Å². The molecule has 0 aromatic carbocycles. The van der Waals surface area contributed by atoms with Crippen LogP contribution in [-0.2, 0) is 10.2 Å². The Labute approximate surface area is 89.2 Å². The lowest BCUT2D eigenvalue weighted by molar-refractivity contribution is 0.0590. The van der Waals surface area contributed by atoms with Crippen molar-refractivity contribution in [2.45, 2.75) is 39.0 Å². The van der Waals surface area contributed by atoms with Crippen LogP contribution >= 0.6 is 0 Å². The Morgan fingerprint density at radius 2 is 2.13 bits per heavy atom. The van der Waals surface area contributed by atoms with Crippen LogP contribution in [0.25, 0.3) is 0 Å². The van der Waals surface area contributed by atoms with Crippen molar-refractivity contribution in [2.75, 3.05) is 7.11 Å². The summed E-state index contributed by atoms with van der Waals surface area (Å²) < 4.78 is 4.65. The van der Waals surface area contributed by atoms with Crippen molar-refractivity contribution in [1.82, 2.24) is 15.4 Å². The number of rotatable bonds is 4. The average molecular weight is 211 g/mol. The molecule has 0 fully saturated rings. The summed E-state index contributed by atoms with van der Waals surface area (Å²) in [5.74, 6) is -0.442. The van der Waals surface area contributed by atoms with Crippen molar-refractivity contribution in [2.24, 2.45) is 0 Å². The van der Waals surface area contributed by atoms with Gasteiger partial charge >= 0.3 is 5.97 Å². The van der Waals surface area contributed by atoms with Crippen LogP contribution in [0.15, 0.2) is 0 Å². The minimum atomic E-state index is -0.442. The van der Waals surface area contributed by atoms with Crippen molar-refractivity contribution in [1.29, 1.82) is 0 Å². The lowest BCUT2D eigenvalue weighted by atomic mass is 9.83. The van der Waals surface area contributed by atoms with Gasteiger partial charge in [-0.25, -0.2) is 4.79 Å². The number of aromatic nitrogens is 3. The summed E-state index contributed by atoms with van der Waals surface area (Å²) in [5, 5.41) is 10.3.